The Labute approximate surface area is 107 Å². The van der Waals surface area contributed by atoms with Gasteiger partial charge in [0.15, 0.2) is 0 Å². The molecule has 1 aromatic rings. The minimum absolute atomic E-state index is 0.0134. The van der Waals surface area contributed by atoms with E-state index in [9.17, 15) is 10.2 Å². The number of morpholine rings is 1. The number of aryl methyl sites for hydroxylation is 1. The van der Waals surface area contributed by atoms with E-state index in [-0.39, 0.29) is 25.4 Å². The third-order valence-electron chi connectivity index (χ3n) is 3.04. The van der Waals surface area contributed by atoms with Gasteiger partial charge in [0.2, 0.25) is 0 Å². The summed E-state index contributed by atoms with van der Waals surface area (Å²) in [5.41, 5.74) is 1.74. The first-order valence-corrected chi connectivity index (χ1v) is 6.22. The zero-order chi connectivity index (χ0) is 13.1. The van der Waals surface area contributed by atoms with Crippen LogP contribution in [0.15, 0.2) is 12.1 Å². The molecule has 1 aliphatic heterocycles. The van der Waals surface area contributed by atoms with Crippen molar-refractivity contribution in [1.82, 2.24) is 4.98 Å². The topological polar surface area (TPSA) is 65.8 Å². The molecule has 1 fully saturated rings. The summed E-state index contributed by atoms with van der Waals surface area (Å²) in [6, 6.07) is 3.76. The lowest BCUT2D eigenvalue weighted by atomic mass is 10.2. The van der Waals surface area contributed by atoms with E-state index in [2.05, 4.69) is 9.88 Å². The number of pyridine rings is 1. The maximum absolute atomic E-state index is 9.22. The molecular weight excluding hydrogens is 232 g/mol. The fraction of sp³-hybridized carbons (Fsp3) is 0.615. The Hall–Kier alpha value is -1.17. The summed E-state index contributed by atoms with van der Waals surface area (Å²) in [4.78, 5) is 6.58. The van der Waals surface area contributed by atoms with Crippen LogP contribution in [0.2, 0.25) is 0 Å². The minimum Gasteiger partial charge on any atom is -0.394 e. The lowest BCUT2D eigenvalue weighted by Gasteiger charge is -2.37. The lowest BCUT2D eigenvalue weighted by Crippen LogP contribution is -2.48. The molecule has 0 aliphatic carbocycles. The third kappa shape index (κ3) is 2.98. The molecule has 18 heavy (non-hydrogen) atoms. The molecule has 5 heteroatoms. The van der Waals surface area contributed by atoms with E-state index in [0.29, 0.717) is 6.54 Å². The Balaban J connectivity index is 2.21. The van der Waals surface area contributed by atoms with E-state index >= 15 is 0 Å². The van der Waals surface area contributed by atoms with Crippen molar-refractivity contribution >= 4 is 5.82 Å². The zero-order valence-electron chi connectivity index (χ0n) is 10.8. The van der Waals surface area contributed by atoms with E-state index < -0.39 is 0 Å². The molecule has 1 saturated heterocycles. The average molecular weight is 252 g/mol. The highest BCUT2D eigenvalue weighted by Gasteiger charge is 2.25. The highest BCUT2D eigenvalue weighted by atomic mass is 16.5. The molecule has 0 radical (unpaired) electrons. The van der Waals surface area contributed by atoms with Crippen molar-refractivity contribution < 1.29 is 14.9 Å². The highest BCUT2D eigenvalue weighted by molar-refractivity contribution is 5.43. The standard InChI is InChI=1S/C13H20N2O3/c1-9-3-11(7-16)4-13(14-9)15-5-10(2)18-12(6-15)8-17/h3-4,10,12,16-17H,5-8H2,1-2H3. The van der Waals surface area contributed by atoms with Gasteiger partial charge in [-0.1, -0.05) is 0 Å². The molecule has 1 aromatic heterocycles. The molecule has 0 aromatic carbocycles. The molecule has 2 heterocycles. The zero-order valence-corrected chi connectivity index (χ0v) is 10.8. The van der Waals surface area contributed by atoms with Crippen LogP contribution in [-0.4, -0.2) is 47.1 Å². The van der Waals surface area contributed by atoms with Gasteiger partial charge in [0.25, 0.3) is 0 Å². The van der Waals surface area contributed by atoms with Crippen LogP contribution in [0.25, 0.3) is 0 Å². The Kier molecular flexibility index (Phi) is 4.16. The molecule has 0 spiro atoms. The summed E-state index contributed by atoms with van der Waals surface area (Å²) in [6.07, 6.45) is -0.107. The quantitative estimate of drug-likeness (QED) is 0.818. The monoisotopic (exact) mass is 252 g/mol. The van der Waals surface area contributed by atoms with Crippen LogP contribution < -0.4 is 4.90 Å². The average Bonchev–Trinajstić information content (AvgIpc) is 2.37. The summed E-state index contributed by atoms with van der Waals surface area (Å²) in [6.45, 7) is 5.30. The van der Waals surface area contributed by atoms with E-state index in [1.165, 1.54) is 0 Å². The minimum atomic E-state index is -0.173. The Morgan fingerprint density at radius 1 is 1.39 bits per heavy atom. The van der Waals surface area contributed by atoms with Gasteiger partial charge in [-0.2, -0.15) is 0 Å². The second-order valence-corrected chi connectivity index (χ2v) is 4.79. The number of aliphatic hydroxyl groups excluding tert-OH is 2. The first kappa shape index (κ1) is 13.3. The van der Waals surface area contributed by atoms with Crippen LogP contribution in [-0.2, 0) is 11.3 Å². The van der Waals surface area contributed by atoms with Crippen molar-refractivity contribution in [3.8, 4) is 0 Å². The summed E-state index contributed by atoms with van der Waals surface area (Å²) in [5, 5.41) is 18.4. The van der Waals surface area contributed by atoms with Crippen molar-refractivity contribution in [3.05, 3.63) is 23.4 Å². The summed E-state index contributed by atoms with van der Waals surface area (Å²) in [7, 11) is 0. The van der Waals surface area contributed by atoms with E-state index in [1.807, 2.05) is 26.0 Å². The maximum Gasteiger partial charge on any atom is 0.129 e. The number of anilines is 1. The van der Waals surface area contributed by atoms with Gasteiger partial charge in [-0.25, -0.2) is 4.98 Å². The van der Waals surface area contributed by atoms with Gasteiger partial charge < -0.3 is 19.8 Å². The predicted molar refractivity (Wildman–Crippen MR) is 68.5 cm³/mol. The molecule has 0 saturated carbocycles. The van der Waals surface area contributed by atoms with Crippen molar-refractivity contribution in [2.24, 2.45) is 0 Å². The van der Waals surface area contributed by atoms with Crippen molar-refractivity contribution in [2.45, 2.75) is 32.7 Å². The first-order chi connectivity index (χ1) is 8.62. The highest BCUT2D eigenvalue weighted by Crippen LogP contribution is 2.20. The number of ether oxygens (including phenoxy) is 1. The second kappa shape index (κ2) is 5.65. The van der Waals surface area contributed by atoms with Gasteiger partial charge in [-0.15, -0.1) is 0 Å². The molecule has 100 valence electrons. The number of aromatic nitrogens is 1. The Bertz CT molecular complexity index is 411. The fourth-order valence-electron chi connectivity index (χ4n) is 2.31. The van der Waals surface area contributed by atoms with Gasteiger partial charge in [0.05, 0.1) is 25.4 Å². The smallest absolute Gasteiger partial charge is 0.129 e. The largest absolute Gasteiger partial charge is 0.394 e. The Morgan fingerprint density at radius 2 is 2.17 bits per heavy atom. The van der Waals surface area contributed by atoms with Crippen LogP contribution in [0.3, 0.4) is 0 Å². The maximum atomic E-state index is 9.22. The number of aliphatic hydroxyl groups is 2. The van der Waals surface area contributed by atoms with Gasteiger partial charge in [0.1, 0.15) is 5.82 Å². The molecule has 5 nitrogen and oxygen atoms in total. The normalized spacial score (nSPS) is 24.3. The van der Waals surface area contributed by atoms with Gasteiger partial charge in [-0.05, 0) is 31.5 Å². The molecule has 2 rings (SSSR count). The third-order valence-corrected chi connectivity index (χ3v) is 3.04. The number of hydrogen-bond acceptors (Lipinski definition) is 5. The van der Waals surface area contributed by atoms with E-state index in [0.717, 1.165) is 23.6 Å². The fourth-order valence-corrected chi connectivity index (χ4v) is 2.31. The number of nitrogens with zero attached hydrogens (tertiary/aromatic N) is 2. The summed E-state index contributed by atoms with van der Waals surface area (Å²) >= 11 is 0. The van der Waals surface area contributed by atoms with E-state index in [4.69, 9.17) is 4.74 Å². The molecule has 2 unspecified atom stereocenters. The van der Waals surface area contributed by atoms with Gasteiger partial charge in [-0.3, -0.25) is 0 Å². The number of rotatable bonds is 3. The van der Waals surface area contributed by atoms with Crippen LogP contribution in [0.5, 0.6) is 0 Å². The van der Waals surface area contributed by atoms with Crippen LogP contribution in [0, 0.1) is 6.92 Å². The van der Waals surface area contributed by atoms with Crippen molar-refractivity contribution in [2.75, 3.05) is 24.6 Å². The molecule has 2 atom stereocenters. The van der Waals surface area contributed by atoms with Crippen LogP contribution >= 0.6 is 0 Å². The molecule has 0 bridgehead atoms. The SMILES string of the molecule is Cc1cc(CO)cc(N2CC(C)OC(CO)C2)n1. The second-order valence-electron chi connectivity index (χ2n) is 4.79. The molecule has 0 amide bonds. The molecule has 2 N–H and O–H groups in total. The Morgan fingerprint density at radius 3 is 2.83 bits per heavy atom. The molecule has 1 aliphatic rings. The predicted octanol–water partition coefficient (Wildman–Crippen LogP) is 0.468. The van der Waals surface area contributed by atoms with Crippen molar-refractivity contribution in [3.63, 3.8) is 0 Å². The van der Waals surface area contributed by atoms with E-state index in [1.54, 1.807) is 0 Å². The number of hydrogen-bond donors (Lipinski definition) is 2. The summed E-state index contributed by atoms with van der Waals surface area (Å²) in [5.74, 6) is 0.840. The van der Waals surface area contributed by atoms with Crippen molar-refractivity contribution in [1.29, 1.82) is 0 Å². The lowest BCUT2D eigenvalue weighted by molar-refractivity contribution is -0.0423. The van der Waals surface area contributed by atoms with Crippen LogP contribution in [0.4, 0.5) is 5.82 Å². The first-order valence-electron chi connectivity index (χ1n) is 6.22. The molecular formula is C13H20N2O3. The van der Waals surface area contributed by atoms with Crippen LogP contribution in [0.1, 0.15) is 18.2 Å². The summed E-state index contributed by atoms with van der Waals surface area (Å²) < 4.78 is 5.61. The van der Waals surface area contributed by atoms with Gasteiger partial charge >= 0.3 is 0 Å². The van der Waals surface area contributed by atoms with Gasteiger partial charge in [0, 0.05) is 18.8 Å².